The first-order valence-corrected chi connectivity index (χ1v) is 10.9. The third-order valence-corrected chi connectivity index (χ3v) is 4.23. The summed E-state index contributed by atoms with van der Waals surface area (Å²) in [5, 5.41) is 21.5. The molecule has 0 aliphatic heterocycles. The molecule has 264 valence electrons. The summed E-state index contributed by atoms with van der Waals surface area (Å²) in [6.07, 6.45) is 0. The number of benzene rings is 4. The summed E-state index contributed by atoms with van der Waals surface area (Å²) in [4.78, 5) is 0. The lowest BCUT2D eigenvalue weighted by atomic mass is 10.3. The van der Waals surface area contributed by atoms with Crippen LogP contribution < -0.4 is 0 Å². The third-order valence-electron chi connectivity index (χ3n) is 4.23. The summed E-state index contributed by atoms with van der Waals surface area (Å²) < 4.78 is 240. The highest BCUT2D eigenvalue weighted by molar-refractivity contribution is 6.30. The monoisotopic (exact) mass is 734 g/mol. The molecule has 3 nitrogen and oxygen atoms in total. The van der Waals surface area contributed by atoms with Crippen molar-refractivity contribution >= 4 is 7.32 Å². The topological polar surface area (TPSA) is 60.7 Å². The smallest absolute Gasteiger partial charge is 0.402 e. The Morgan fingerprint density at radius 1 is 0.229 bits per heavy atom. The van der Waals surface area contributed by atoms with Gasteiger partial charge in [0.25, 0.3) is 0 Å². The van der Waals surface area contributed by atoms with Gasteiger partial charge in [-0.3, -0.25) is 0 Å². The normalized spacial score (nSPS) is 9.98. The van der Waals surface area contributed by atoms with E-state index in [-0.39, 0.29) is 24.3 Å². The van der Waals surface area contributed by atoms with Crippen LogP contribution in [-0.2, 0) is 0 Å². The van der Waals surface area contributed by atoms with Gasteiger partial charge in [0.05, 0.1) is 0 Å². The lowest BCUT2D eigenvalue weighted by Crippen LogP contribution is -2.07. The van der Waals surface area contributed by atoms with Crippen LogP contribution in [0.5, 0.6) is 0 Å². The van der Waals surface area contributed by atoms with E-state index in [0.717, 1.165) is 0 Å². The molecule has 0 aliphatic carbocycles. The van der Waals surface area contributed by atoms with Crippen LogP contribution in [0.15, 0.2) is 24.3 Å². The standard InChI is InChI=1S/4C6HF5.BH3O3/c4*7-2-1-3(8)5(10)6(11)4(2)9;2-1(3)4/h4*1H;2-4H. The van der Waals surface area contributed by atoms with Crippen LogP contribution in [0.3, 0.4) is 0 Å². The number of hydrogen-bond acceptors (Lipinski definition) is 3. The minimum absolute atomic E-state index is 0.0618. The quantitative estimate of drug-likeness (QED) is 0.0761. The molecule has 0 aliphatic rings. The Labute approximate surface area is 251 Å². The van der Waals surface area contributed by atoms with Gasteiger partial charge in [0.15, 0.2) is 93.1 Å². The van der Waals surface area contributed by atoms with Gasteiger partial charge in [0, 0.05) is 24.3 Å². The van der Waals surface area contributed by atoms with Gasteiger partial charge >= 0.3 is 7.32 Å². The lowest BCUT2D eigenvalue weighted by molar-refractivity contribution is 0.278. The van der Waals surface area contributed by atoms with E-state index >= 15 is 0 Å². The van der Waals surface area contributed by atoms with Crippen LogP contribution in [0.4, 0.5) is 87.8 Å². The summed E-state index contributed by atoms with van der Waals surface area (Å²) in [7, 11) is -2.17. The molecule has 0 saturated heterocycles. The molecule has 3 N–H and O–H groups in total. The van der Waals surface area contributed by atoms with Crippen LogP contribution in [0, 0.1) is 116 Å². The number of halogens is 20. The highest BCUT2D eigenvalue weighted by Gasteiger charge is 2.21. The maximum Gasteiger partial charge on any atom is 0.631 e. The van der Waals surface area contributed by atoms with Gasteiger partial charge in [-0.2, -0.15) is 0 Å². The fraction of sp³-hybridized carbons (Fsp3) is 0. The molecule has 0 amide bonds. The van der Waals surface area contributed by atoms with Crippen molar-refractivity contribution in [3.63, 3.8) is 0 Å². The van der Waals surface area contributed by atoms with Crippen LogP contribution in [0.1, 0.15) is 0 Å². The summed E-state index contributed by atoms with van der Waals surface area (Å²) >= 11 is 0. The molecule has 0 spiro atoms. The van der Waals surface area contributed by atoms with Gasteiger partial charge in [0.1, 0.15) is 0 Å². The van der Waals surface area contributed by atoms with Crippen molar-refractivity contribution in [1.29, 1.82) is 0 Å². The fourth-order valence-electron chi connectivity index (χ4n) is 2.18. The molecule has 4 rings (SSSR count). The van der Waals surface area contributed by atoms with Crippen LogP contribution >= 0.6 is 0 Å². The second-order valence-electron chi connectivity index (χ2n) is 7.48. The van der Waals surface area contributed by atoms with Crippen molar-refractivity contribution < 1.29 is 103 Å². The molecule has 0 unspecified atom stereocenters. The van der Waals surface area contributed by atoms with E-state index in [0.29, 0.717) is 0 Å². The molecule has 0 bridgehead atoms. The van der Waals surface area contributed by atoms with Crippen molar-refractivity contribution in [2.75, 3.05) is 0 Å². The zero-order valence-corrected chi connectivity index (χ0v) is 21.8. The highest BCUT2D eigenvalue weighted by Crippen LogP contribution is 2.19. The number of hydrogen-bond donors (Lipinski definition) is 3. The van der Waals surface area contributed by atoms with E-state index in [1.807, 2.05) is 0 Å². The Morgan fingerprint density at radius 3 is 0.396 bits per heavy atom. The highest BCUT2D eigenvalue weighted by atomic mass is 19.2. The second-order valence-corrected chi connectivity index (χ2v) is 7.48. The summed E-state index contributed by atoms with van der Waals surface area (Å²) in [6.45, 7) is 0. The maximum atomic E-state index is 12.0. The SMILES string of the molecule is Fc1cc(F)c(F)c(F)c1F.Fc1cc(F)c(F)c(F)c1F.Fc1cc(F)c(F)c(F)c1F.Fc1cc(F)c(F)c(F)c1F.OB(O)O. The van der Waals surface area contributed by atoms with Crippen LogP contribution in [0.25, 0.3) is 0 Å². The summed E-state index contributed by atoms with van der Waals surface area (Å²) in [5.41, 5.74) is 0. The Morgan fingerprint density at radius 2 is 0.312 bits per heavy atom. The first-order valence-electron chi connectivity index (χ1n) is 10.9. The molecule has 0 atom stereocenters. The molecular formula is C24H7BF20O3. The predicted octanol–water partition coefficient (Wildman–Crippen LogP) is 7.48. The Hall–Kier alpha value is -4.58. The first-order chi connectivity index (χ1) is 21.9. The van der Waals surface area contributed by atoms with Gasteiger partial charge in [-0.1, -0.05) is 0 Å². The fourth-order valence-corrected chi connectivity index (χ4v) is 2.18. The second kappa shape index (κ2) is 18.7. The van der Waals surface area contributed by atoms with Gasteiger partial charge in [-0.05, 0) is 0 Å². The van der Waals surface area contributed by atoms with Gasteiger partial charge < -0.3 is 15.1 Å². The average molecular weight is 734 g/mol. The lowest BCUT2D eigenvalue weighted by Gasteiger charge is -1.96. The molecule has 0 heterocycles. The van der Waals surface area contributed by atoms with Crippen molar-refractivity contribution in [2.45, 2.75) is 0 Å². The van der Waals surface area contributed by atoms with Crippen LogP contribution in [-0.4, -0.2) is 22.4 Å². The Bertz CT molecular complexity index is 1380. The van der Waals surface area contributed by atoms with E-state index in [9.17, 15) is 87.8 Å². The van der Waals surface area contributed by atoms with Crippen LogP contribution in [0.2, 0.25) is 0 Å². The third kappa shape index (κ3) is 11.9. The first kappa shape index (κ1) is 43.4. The van der Waals surface area contributed by atoms with E-state index in [4.69, 9.17) is 15.1 Å². The molecule has 0 saturated carbocycles. The zero-order valence-electron chi connectivity index (χ0n) is 21.8. The summed E-state index contributed by atoms with van der Waals surface area (Å²) in [5.74, 6) is -38.6. The molecule has 48 heavy (non-hydrogen) atoms. The maximum absolute atomic E-state index is 12.0. The van der Waals surface area contributed by atoms with Crippen molar-refractivity contribution in [2.24, 2.45) is 0 Å². The molecule has 0 radical (unpaired) electrons. The Kier molecular flexibility index (Phi) is 16.9. The van der Waals surface area contributed by atoms with E-state index < -0.39 is 124 Å². The molecule has 4 aromatic carbocycles. The molecule has 4 aromatic rings. The van der Waals surface area contributed by atoms with Crippen molar-refractivity contribution in [3.05, 3.63) is 141 Å². The van der Waals surface area contributed by atoms with Gasteiger partial charge in [-0.15, -0.1) is 0 Å². The summed E-state index contributed by atoms with van der Waals surface area (Å²) in [6, 6.07) is -0.247. The van der Waals surface area contributed by atoms with Gasteiger partial charge in [0.2, 0.25) is 23.3 Å². The molecule has 0 aromatic heterocycles. The average Bonchev–Trinajstić information content (AvgIpc) is 3.01. The molecule has 0 fully saturated rings. The van der Waals surface area contributed by atoms with E-state index in [2.05, 4.69) is 0 Å². The minimum Gasteiger partial charge on any atom is -0.402 e. The zero-order chi connectivity index (χ0) is 38.0. The number of rotatable bonds is 0. The van der Waals surface area contributed by atoms with Crippen molar-refractivity contribution in [1.82, 2.24) is 0 Å². The van der Waals surface area contributed by atoms with Gasteiger partial charge in [-0.25, -0.2) is 87.8 Å². The Balaban J connectivity index is 0.000000591. The molecule has 24 heteroatoms. The van der Waals surface area contributed by atoms with E-state index in [1.54, 1.807) is 0 Å². The van der Waals surface area contributed by atoms with E-state index in [1.165, 1.54) is 0 Å². The molecular weight excluding hydrogens is 727 g/mol. The largest absolute Gasteiger partial charge is 0.631 e. The predicted molar refractivity (Wildman–Crippen MR) is 117 cm³/mol. The minimum atomic E-state index is -2.17. The van der Waals surface area contributed by atoms with Crippen molar-refractivity contribution in [3.8, 4) is 0 Å².